The molecule has 1 fully saturated rings. The lowest BCUT2D eigenvalue weighted by molar-refractivity contribution is 0.0995. The van der Waals surface area contributed by atoms with Crippen LogP contribution in [-0.2, 0) is 10.3 Å². The number of nitrogens with zero attached hydrogens (tertiary/aromatic N) is 3. The van der Waals surface area contributed by atoms with Crippen LogP contribution in [0.15, 0.2) is 41.5 Å². The van der Waals surface area contributed by atoms with Gasteiger partial charge in [-0.3, -0.25) is 9.79 Å². The summed E-state index contributed by atoms with van der Waals surface area (Å²) in [5.41, 5.74) is 4.65. The van der Waals surface area contributed by atoms with E-state index in [1.165, 1.54) is 24.3 Å². The number of nitrogens with one attached hydrogen (secondary N) is 1. The molecule has 3 heterocycles. The molecule has 4 atom stereocenters. The number of amidine groups is 1. The van der Waals surface area contributed by atoms with E-state index in [-0.39, 0.29) is 35.7 Å². The SMILES string of the molecule is CC1OCC2(c3cc(NC(=O)c4ccc(F)cn4)ccc3F)N=C(N)C(C)(C#N)C[C@H]12. The fourth-order valence-corrected chi connectivity index (χ4v) is 4.28. The van der Waals surface area contributed by atoms with E-state index in [1.807, 2.05) is 6.92 Å². The largest absolute Gasteiger partial charge is 0.386 e. The number of aliphatic imine (C=N–C) groups is 1. The third-order valence-corrected chi connectivity index (χ3v) is 6.16. The van der Waals surface area contributed by atoms with Crippen molar-refractivity contribution in [1.29, 1.82) is 5.26 Å². The van der Waals surface area contributed by atoms with E-state index in [0.717, 1.165) is 12.3 Å². The van der Waals surface area contributed by atoms with Gasteiger partial charge in [-0.05, 0) is 50.6 Å². The summed E-state index contributed by atoms with van der Waals surface area (Å²) in [5.74, 6) is -1.78. The van der Waals surface area contributed by atoms with Gasteiger partial charge in [0.2, 0.25) is 0 Å². The number of aromatic nitrogens is 1. The molecule has 160 valence electrons. The van der Waals surface area contributed by atoms with Crippen LogP contribution in [-0.4, -0.2) is 29.4 Å². The van der Waals surface area contributed by atoms with Gasteiger partial charge in [-0.15, -0.1) is 0 Å². The minimum Gasteiger partial charge on any atom is -0.386 e. The first-order valence-electron chi connectivity index (χ1n) is 9.80. The van der Waals surface area contributed by atoms with E-state index in [9.17, 15) is 14.4 Å². The van der Waals surface area contributed by atoms with Crippen molar-refractivity contribution in [2.24, 2.45) is 22.1 Å². The number of hydrogen-bond acceptors (Lipinski definition) is 6. The number of carbonyl (C=O) groups is 1. The lowest BCUT2D eigenvalue weighted by Crippen LogP contribution is -2.49. The maximum atomic E-state index is 15.0. The Hall–Kier alpha value is -3.38. The van der Waals surface area contributed by atoms with E-state index >= 15 is 4.39 Å². The summed E-state index contributed by atoms with van der Waals surface area (Å²) in [6.45, 7) is 3.68. The fraction of sp³-hybridized carbons (Fsp3) is 0.364. The Morgan fingerprint density at radius 1 is 1.35 bits per heavy atom. The van der Waals surface area contributed by atoms with Gasteiger partial charge in [0.15, 0.2) is 0 Å². The molecule has 1 aromatic heterocycles. The highest BCUT2D eigenvalue weighted by Crippen LogP contribution is 2.52. The predicted octanol–water partition coefficient (Wildman–Crippen LogP) is 3.13. The molecule has 3 unspecified atom stereocenters. The van der Waals surface area contributed by atoms with Crippen molar-refractivity contribution in [3.05, 3.63) is 59.4 Å². The maximum absolute atomic E-state index is 15.0. The first-order valence-corrected chi connectivity index (χ1v) is 9.80. The van der Waals surface area contributed by atoms with E-state index in [4.69, 9.17) is 10.5 Å². The number of nitrogens with two attached hydrogens (primary N) is 1. The van der Waals surface area contributed by atoms with Gasteiger partial charge in [0.1, 0.15) is 34.1 Å². The summed E-state index contributed by atoms with van der Waals surface area (Å²) in [7, 11) is 0. The van der Waals surface area contributed by atoms with Crippen molar-refractivity contribution in [3.63, 3.8) is 0 Å². The number of anilines is 1. The Morgan fingerprint density at radius 3 is 2.81 bits per heavy atom. The third kappa shape index (κ3) is 3.43. The molecular weight excluding hydrogens is 404 g/mol. The van der Waals surface area contributed by atoms with E-state index in [0.29, 0.717) is 12.1 Å². The van der Waals surface area contributed by atoms with E-state index in [2.05, 4.69) is 21.4 Å². The quantitative estimate of drug-likeness (QED) is 0.784. The molecule has 4 rings (SSSR count). The van der Waals surface area contributed by atoms with E-state index in [1.54, 1.807) is 6.92 Å². The van der Waals surface area contributed by atoms with Crippen LogP contribution in [0.25, 0.3) is 0 Å². The number of rotatable bonds is 3. The summed E-state index contributed by atoms with van der Waals surface area (Å²) in [6, 6.07) is 8.75. The molecule has 3 N–H and O–H groups in total. The van der Waals surface area contributed by atoms with Crippen molar-refractivity contribution in [2.45, 2.75) is 31.9 Å². The van der Waals surface area contributed by atoms with Gasteiger partial charge in [0.25, 0.3) is 5.91 Å². The molecule has 1 saturated heterocycles. The van der Waals surface area contributed by atoms with Crippen LogP contribution in [0.1, 0.15) is 36.3 Å². The highest BCUT2D eigenvalue weighted by atomic mass is 19.1. The first-order chi connectivity index (χ1) is 14.7. The molecule has 1 amide bonds. The van der Waals surface area contributed by atoms with Crippen LogP contribution in [0, 0.1) is 34.3 Å². The molecule has 31 heavy (non-hydrogen) atoms. The van der Waals surface area contributed by atoms with Crippen LogP contribution in [0.5, 0.6) is 0 Å². The minimum atomic E-state index is -1.10. The Morgan fingerprint density at radius 2 is 2.13 bits per heavy atom. The van der Waals surface area contributed by atoms with Crippen molar-refractivity contribution in [1.82, 2.24) is 4.98 Å². The van der Waals surface area contributed by atoms with Gasteiger partial charge in [-0.2, -0.15) is 5.26 Å². The van der Waals surface area contributed by atoms with Gasteiger partial charge in [0.05, 0.1) is 25.0 Å². The van der Waals surface area contributed by atoms with Crippen LogP contribution < -0.4 is 11.1 Å². The number of pyridine rings is 1. The summed E-state index contributed by atoms with van der Waals surface area (Å²) in [4.78, 5) is 20.8. The van der Waals surface area contributed by atoms with Gasteiger partial charge in [-0.25, -0.2) is 13.8 Å². The zero-order valence-corrected chi connectivity index (χ0v) is 17.0. The molecule has 2 aliphatic rings. The van der Waals surface area contributed by atoms with Gasteiger partial charge < -0.3 is 15.8 Å². The summed E-state index contributed by atoms with van der Waals surface area (Å²) in [5, 5.41) is 12.2. The standard InChI is InChI=1S/C22H21F2N5O2/c1-12-16-8-21(2,10-25)20(26)29-22(16,11-31-12)15-7-14(4-5-17(15)24)28-19(30)18-6-3-13(23)9-27-18/h3-7,9,12,16H,8,11H2,1-2H3,(H2,26,29)(H,28,30)/t12?,16-,21?,22?/m1/s1. The molecule has 2 aromatic rings. The topological polar surface area (TPSA) is 113 Å². The summed E-state index contributed by atoms with van der Waals surface area (Å²) in [6.07, 6.45) is 1.05. The molecule has 1 aromatic carbocycles. The van der Waals surface area contributed by atoms with Gasteiger partial charge >= 0.3 is 0 Å². The van der Waals surface area contributed by atoms with Crippen molar-refractivity contribution in [3.8, 4) is 6.07 Å². The first kappa shape index (κ1) is 20.9. The highest BCUT2D eigenvalue weighted by molar-refractivity contribution is 6.02. The molecule has 0 saturated carbocycles. The summed E-state index contributed by atoms with van der Waals surface area (Å²) >= 11 is 0. The van der Waals surface area contributed by atoms with Gasteiger partial charge in [-0.1, -0.05) is 0 Å². The predicted molar refractivity (Wildman–Crippen MR) is 109 cm³/mol. The normalized spacial score (nSPS) is 29.6. The Bertz CT molecular complexity index is 1110. The average Bonchev–Trinajstić information content (AvgIpc) is 3.06. The number of halogens is 2. The molecule has 0 spiro atoms. The molecule has 2 aliphatic heterocycles. The highest BCUT2D eigenvalue weighted by Gasteiger charge is 2.57. The number of ether oxygens (including phenoxy) is 1. The molecule has 0 bridgehead atoms. The zero-order valence-electron chi connectivity index (χ0n) is 17.0. The second kappa shape index (κ2) is 7.39. The number of benzene rings is 1. The zero-order chi connectivity index (χ0) is 22.4. The van der Waals surface area contributed by atoms with Crippen LogP contribution in [0.3, 0.4) is 0 Å². The molecule has 0 aliphatic carbocycles. The second-order valence-corrected chi connectivity index (χ2v) is 8.20. The lowest BCUT2D eigenvalue weighted by atomic mass is 9.67. The number of carbonyl (C=O) groups excluding carboxylic acids is 1. The lowest BCUT2D eigenvalue weighted by Gasteiger charge is -2.41. The fourth-order valence-electron chi connectivity index (χ4n) is 4.28. The van der Waals surface area contributed by atoms with Crippen molar-refractivity contribution >= 4 is 17.4 Å². The monoisotopic (exact) mass is 425 g/mol. The Labute approximate surface area is 177 Å². The number of nitriles is 1. The average molecular weight is 425 g/mol. The van der Waals surface area contributed by atoms with Crippen LogP contribution in [0.4, 0.5) is 14.5 Å². The second-order valence-electron chi connectivity index (χ2n) is 8.20. The maximum Gasteiger partial charge on any atom is 0.274 e. The Balaban J connectivity index is 1.73. The number of hydrogen-bond donors (Lipinski definition) is 2. The Kier molecular flexibility index (Phi) is 4.98. The molecule has 9 heteroatoms. The third-order valence-electron chi connectivity index (χ3n) is 6.16. The number of fused-ring (bicyclic) bond motifs is 1. The smallest absolute Gasteiger partial charge is 0.274 e. The van der Waals surface area contributed by atoms with Crippen molar-refractivity contribution < 1.29 is 18.3 Å². The molecular formula is C22H21F2N5O2. The minimum absolute atomic E-state index is 0.0193. The van der Waals surface area contributed by atoms with Crippen molar-refractivity contribution in [2.75, 3.05) is 11.9 Å². The number of amides is 1. The van der Waals surface area contributed by atoms with Crippen LogP contribution >= 0.6 is 0 Å². The molecule has 0 radical (unpaired) electrons. The van der Waals surface area contributed by atoms with Crippen LogP contribution in [0.2, 0.25) is 0 Å². The molecule has 7 nitrogen and oxygen atoms in total. The van der Waals surface area contributed by atoms with Gasteiger partial charge in [0, 0.05) is 17.2 Å². The summed E-state index contributed by atoms with van der Waals surface area (Å²) < 4.78 is 33.9. The van der Waals surface area contributed by atoms with E-state index < -0.39 is 28.5 Å².